The molecule has 13 rings (SSSR count). The van der Waals surface area contributed by atoms with Gasteiger partial charge in [-0.25, -0.2) is 0 Å². The van der Waals surface area contributed by atoms with Crippen LogP contribution >= 0.6 is 0 Å². The fraction of sp³-hybridized carbons (Fsp3) is 0.0154. The normalized spacial score (nSPS) is 15.4. The van der Waals surface area contributed by atoms with Crippen molar-refractivity contribution in [2.75, 3.05) is 9.80 Å². The van der Waals surface area contributed by atoms with Crippen molar-refractivity contribution >= 4 is 66.8 Å². The molecule has 1 heterocycles. The third-order valence-electron chi connectivity index (χ3n) is 13.4. The molecule has 320 valence electrons. The minimum atomic E-state index is -1.53. The van der Waals surface area contributed by atoms with Crippen molar-refractivity contribution in [2.24, 2.45) is 0 Å². The molecule has 0 N–H and O–H groups in total. The van der Waals surface area contributed by atoms with Gasteiger partial charge in [-0.1, -0.05) is 188 Å². The van der Waals surface area contributed by atoms with E-state index < -0.39 is 35.6 Å². The summed E-state index contributed by atoms with van der Waals surface area (Å²) in [6, 6.07) is 72.8. The highest BCUT2D eigenvalue weighted by molar-refractivity contribution is 6.06. The van der Waals surface area contributed by atoms with E-state index in [1.54, 1.807) is 0 Å². The summed E-state index contributed by atoms with van der Waals surface area (Å²) in [7, 11) is 0. The number of benzene rings is 11. The van der Waals surface area contributed by atoms with Crippen LogP contribution in [0.2, 0.25) is 0 Å². The number of nitrogens with zero attached hydrogens (tertiary/aromatic N) is 2. The van der Waals surface area contributed by atoms with Crippen LogP contribution in [0.1, 0.15) is 31.8 Å². The molecule has 12 aromatic rings. The van der Waals surface area contributed by atoms with Crippen LogP contribution in [0.4, 0.5) is 34.1 Å². The molecule has 1 aliphatic rings. The zero-order valence-electron chi connectivity index (χ0n) is 43.7. The van der Waals surface area contributed by atoms with Gasteiger partial charge in [-0.05, 0) is 129 Å². The van der Waals surface area contributed by atoms with Crippen LogP contribution < -0.4 is 9.80 Å². The Bertz CT molecular complexity index is 4180. The average Bonchev–Trinajstić information content (AvgIpc) is 3.98. The van der Waals surface area contributed by atoms with E-state index in [0.717, 1.165) is 78.3 Å². The van der Waals surface area contributed by atoms with Gasteiger partial charge in [-0.3, -0.25) is 0 Å². The first-order chi connectivity index (χ1) is 36.6. The highest BCUT2D eigenvalue weighted by atomic mass is 16.3. The van der Waals surface area contributed by atoms with Crippen molar-refractivity contribution in [3.8, 4) is 22.3 Å². The Morgan fingerprint density at radius 1 is 0.353 bits per heavy atom. The van der Waals surface area contributed by atoms with Crippen LogP contribution in [0, 0.1) is 0 Å². The number of para-hydroxylation sites is 5. The third kappa shape index (κ3) is 6.28. The quantitative estimate of drug-likeness (QED) is 0.144. The first-order valence-corrected chi connectivity index (χ1v) is 22.8. The number of hydrogen-bond acceptors (Lipinski definition) is 3. The number of rotatable bonds is 9. The highest BCUT2D eigenvalue weighted by Crippen LogP contribution is 2.60. The van der Waals surface area contributed by atoms with Crippen molar-refractivity contribution in [2.45, 2.75) is 5.41 Å². The summed E-state index contributed by atoms with van der Waals surface area (Å²) in [4.78, 5) is 4.46. The second kappa shape index (κ2) is 16.2. The maximum atomic E-state index is 10.2. The Kier molecular flexibility index (Phi) is 7.79. The van der Waals surface area contributed by atoms with Crippen molar-refractivity contribution in [1.29, 1.82) is 0 Å². The molecular weight excluding hydrogens is 825 g/mol. The van der Waals surface area contributed by atoms with E-state index in [4.69, 9.17) is 7.16 Å². The van der Waals surface area contributed by atoms with Gasteiger partial charge in [0.05, 0.1) is 20.7 Å². The molecule has 1 unspecified atom stereocenters. The van der Waals surface area contributed by atoms with E-state index in [-0.39, 0.29) is 28.4 Å². The zero-order chi connectivity index (χ0) is 51.1. The Labute approximate surface area is 405 Å². The lowest BCUT2D eigenvalue weighted by molar-refractivity contribution is 0.666. The van der Waals surface area contributed by atoms with Gasteiger partial charge in [0, 0.05) is 44.8 Å². The van der Waals surface area contributed by atoms with Crippen LogP contribution in [0.5, 0.6) is 0 Å². The summed E-state index contributed by atoms with van der Waals surface area (Å²) in [6.07, 6.45) is 0. The first kappa shape index (κ1) is 32.7. The van der Waals surface area contributed by atoms with Gasteiger partial charge >= 0.3 is 0 Å². The minimum Gasteiger partial charge on any atom is -0.456 e. The summed E-state index contributed by atoms with van der Waals surface area (Å²) in [5, 5.41) is 1.71. The van der Waals surface area contributed by atoms with E-state index in [1.807, 2.05) is 127 Å². The van der Waals surface area contributed by atoms with Gasteiger partial charge in [-0.2, -0.15) is 0 Å². The lowest BCUT2D eigenvalue weighted by Gasteiger charge is -2.35. The summed E-state index contributed by atoms with van der Waals surface area (Å²) in [5.74, 6) is 0. The Balaban J connectivity index is 1.19. The maximum absolute atomic E-state index is 10.2. The minimum absolute atomic E-state index is 0.0153. The molecule has 0 saturated heterocycles. The Hall–Kier alpha value is -8.92. The maximum Gasteiger partial charge on any atom is 0.135 e. The molecule has 3 nitrogen and oxygen atoms in total. The molecule has 0 saturated carbocycles. The third-order valence-corrected chi connectivity index (χ3v) is 13.4. The largest absolute Gasteiger partial charge is 0.456 e. The fourth-order valence-electron chi connectivity index (χ4n) is 10.5. The van der Waals surface area contributed by atoms with Crippen molar-refractivity contribution < 1.29 is 14.0 Å². The van der Waals surface area contributed by atoms with E-state index >= 15 is 0 Å². The molecule has 0 bridgehead atoms. The lowest BCUT2D eigenvalue weighted by Crippen LogP contribution is -2.29. The summed E-state index contributed by atoms with van der Waals surface area (Å²) in [5.41, 5.74) is 11.2. The Morgan fingerprint density at radius 3 is 1.59 bits per heavy atom. The van der Waals surface area contributed by atoms with Crippen molar-refractivity contribution in [3.63, 3.8) is 0 Å². The number of furan rings is 1. The van der Waals surface area contributed by atoms with Gasteiger partial charge in [0.15, 0.2) is 0 Å². The molecule has 0 amide bonds. The number of hydrogen-bond donors (Lipinski definition) is 0. The lowest BCUT2D eigenvalue weighted by atomic mass is 9.66. The van der Waals surface area contributed by atoms with E-state index in [0.29, 0.717) is 16.7 Å². The summed E-state index contributed by atoms with van der Waals surface area (Å²) >= 11 is 0. The van der Waals surface area contributed by atoms with Crippen LogP contribution in [-0.2, 0) is 5.41 Å². The highest BCUT2D eigenvalue weighted by Gasteiger charge is 2.48. The van der Waals surface area contributed by atoms with Crippen molar-refractivity contribution in [1.82, 2.24) is 0 Å². The fourth-order valence-corrected chi connectivity index (χ4v) is 10.5. The molecule has 0 aliphatic heterocycles. The van der Waals surface area contributed by atoms with Crippen LogP contribution in [0.3, 0.4) is 0 Å². The van der Waals surface area contributed by atoms with E-state index in [2.05, 4.69) is 107 Å². The van der Waals surface area contributed by atoms with Gasteiger partial charge in [0.25, 0.3) is 0 Å². The van der Waals surface area contributed by atoms with Crippen LogP contribution in [0.15, 0.2) is 271 Å². The molecule has 0 fully saturated rings. The van der Waals surface area contributed by atoms with Gasteiger partial charge < -0.3 is 14.2 Å². The van der Waals surface area contributed by atoms with E-state index in [1.165, 1.54) is 0 Å². The standard InChI is InChI=1S/C65H44N2O/c1-5-20-46(21-6-1)54-31-15-17-34-62(54)67(50-28-11-4-12-29-50)52-38-41-61-58(44-52)57-43-51(66(48-24-7-2-8-25-48)49-26-9-3-10-27-49)37-40-60(57)65(61,59-33-19-23-45-22-13-14-30-53(45)59)47-36-39-56-55-32-16-18-35-63(55)68-64(56)42-47/h1-44H/i13D,14D,19D,22D,23D,30D,33D. The molecule has 3 heteroatoms. The second-order valence-electron chi connectivity index (χ2n) is 17.1. The predicted molar refractivity (Wildman–Crippen MR) is 283 cm³/mol. The monoisotopic (exact) mass is 875 g/mol. The number of fused-ring (bicyclic) bond motifs is 7. The van der Waals surface area contributed by atoms with Gasteiger partial charge in [-0.15, -0.1) is 0 Å². The van der Waals surface area contributed by atoms with Crippen LogP contribution in [-0.4, -0.2) is 0 Å². The molecule has 0 radical (unpaired) electrons. The first-order valence-electron chi connectivity index (χ1n) is 26.3. The molecule has 1 aromatic heterocycles. The second-order valence-corrected chi connectivity index (χ2v) is 17.1. The molecule has 1 atom stereocenters. The molecule has 0 spiro atoms. The predicted octanol–water partition coefficient (Wildman–Crippen LogP) is 17.7. The SMILES string of the molecule is [2H]c1c([2H])c([2H])c2c(C3(c4ccc5c(c4)oc4ccccc45)c4ccc(N(c5ccccc5)c5ccccc5)cc4-c4cc(N(c5ccccc5)c5ccccc5-c5ccccc5)ccc43)c([2H])c([2H])c([2H])c2c1[2H]. The molecule has 68 heavy (non-hydrogen) atoms. The summed E-state index contributed by atoms with van der Waals surface area (Å²) in [6.45, 7) is 0. The number of anilines is 6. The zero-order valence-corrected chi connectivity index (χ0v) is 36.7. The summed E-state index contributed by atoms with van der Waals surface area (Å²) < 4.78 is 72.6. The smallest absolute Gasteiger partial charge is 0.135 e. The Morgan fingerprint density at radius 2 is 0.897 bits per heavy atom. The van der Waals surface area contributed by atoms with Crippen LogP contribution in [0.25, 0.3) is 55.0 Å². The average molecular weight is 876 g/mol. The van der Waals surface area contributed by atoms with Gasteiger partial charge in [0.1, 0.15) is 11.2 Å². The topological polar surface area (TPSA) is 19.6 Å². The molecule has 11 aromatic carbocycles. The van der Waals surface area contributed by atoms with Gasteiger partial charge in [0.2, 0.25) is 0 Å². The molecule has 1 aliphatic carbocycles. The van der Waals surface area contributed by atoms with E-state index in [9.17, 15) is 6.85 Å². The van der Waals surface area contributed by atoms with Crippen molar-refractivity contribution in [3.05, 3.63) is 289 Å². The molecular formula is C65H44N2O.